The van der Waals surface area contributed by atoms with Crippen LogP contribution in [0.4, 0.5) is 15.2 Å². The Kier molecular flexibility index (Phi) is 3.82. The molecule has 0 aliphatic heterocycles. The second-order valence-corrected chi connectivity index (χ2v) is 6.36. The van der Waals surface area contributed by atoms with E-state index in [1.54, 1.807) is 6.07 Å². The SMILES string of the molecule is O=C(O)C1CCCc2sc(Nc3ccc(F)c(Cl)c3)nc21. The fourth-order valence-electron chi connectivity index (χ4n) is 2.41. The van der Waals surface area contributed by atoms with Gasteiger partial charge in [-0.1, -0.05) is 11.6 Å². The number of thiazole rings is 1. The number of aliphatic carboxylic acids is 1. The van der Waals surface area contributed by atoms with Crippen LogP contribution in [0.1, 0.15) is 29.3 Å². The van der Waals surface area contributed by atoms with Crippen LogP contribution in [0.15, 0.2) is 18.2 Å². The van der Waals surface area contributed by atoms with E-state index in [4.69, 9.17) is 11.6 Å². The largest absolute Gasteiger partial charge is 0.481 e. The minimum Gasteiger partial charge on any atom is -0.481 e. The maximum atomic E-state index is 13.1. The summed E-state index contributed by atoms with van der Waals surface area (Å²) in [5.74, 6) is -1.85. The lowest BCUT2D eigenvalue weighted by Gasteiger charge is -2.16. The maximum Gasteiger partial charge on any atom is 0.312 e. The van der Waals surface area contributed by atoms with Crippen LogP contribution >= 0.6 is 22.9 Å². The van der Waals surface area contributed by atoms with Crippen molar-refractivity contribution in [3.05, 3.63) is 39.6 Å². The van der Waals surface area contributed by atoms with Crippen molar-refractivity contribution >= 4 is 39.7 Å². The fourth-order valence-corrected chi connectivity index (χ4v) is 3.68. The van der Waals surface area contributed by atoms with Gasteiger partial charge in [0, 0.05) is 10.6 Å². The van der Waals surface area contributed by atoms with Crippen molar-refractivity contribution < 1.29 is 14.3 Å². The molecule has 1 unspecified atom stereocenters. The molecule has 2 aromatic rings. The predicted molar refractivity (Wildman–Crippen MR) is 80.1 cm³/mol. The van der Waals surface area contributed by atoms with Crippen molar-refractivity contribution in [3.8, 4) is 0 Å². The summed E-state index contributed by atoms with van der Waals surface area (Å²) in [6.07, 6.45) is 2.32. The third-order valence-corrected chi connectivity index (χ3v) is 4.76. The number of carbonyl (C=O) groups is 1. The van der Waals surface area contributed by atoms with Gasteiger partial charge in [-0.25, -0.2) is 9.37 Å². The van der Waals surface area contributed by atoms with E-state index in [0.717, 1.165) is 17.7 Å². The van der Waals surface area contributed by atoms with Crippen molar-refractivity contribution in [2.45, 2.75) is 25.2 Å². The van der Waals surface area contributed by atoms with Gasteiger partial charge in [0.15, 0.2) is 5.13 Å². The van der Waals surface area contributed by atoms with E-state index in [1.807, 2.05) is 0 Å². The van der Waals surface area contributed by atoms with Crippen molar-refractivity contribution in [3.63, 3.8) is 0 Å². The summed E-state index contributed by atoms with van der Waals surface area (Å²) in [6, 6.07) is 4.32. The molecule has 0 saturated carbocycles. The van der Waals surface area contributed by atoms with E-state index < -0.39 is 17.7 Å². The molecular formula is C14H12ClFN2O2S. The van der Waals surface area contributed by atoms with Crippen LogP contribution in [0.3, 0.4) is 0 Å². The number of fused-ring (bicyclic) bond motifs is 1. The average Bonchev–Trinajstić information content (AvgIpc) is 2.84. The molecule has 21 heavy (non-hydrogen) atoms. The first-order valence-corrected chi connectivity index (χ1v) is 7.68. The summed E-state index contributed by atoms with van der Waals surface area (Å²) in [5, 5.41) is 12.9. The Balaban J connectivity index is 1.87. The van der Waals surface area contributed by atoms with E-state index >= 15 is 0 Å². The van der Waals surface area contributed by atoms with Crippen LogP contribution in [0, 0.1) is 5.82 Å². The number of benzene rings is 1. The number of nitrogens with one attached hydrogen (secondary N) is 1. The van der Waals surface area contributed by atoms with Crippen LogP contribution in [0.5, 0.6) is 0 Å². The van der Waals surface area contributed by atoms with E-state index in [1.165, 1.54) is 23.5 Å². The molecule has 1 aliphatic carbocycles. The van der Waals surface area contributed by atoms with Crippen LogP contribution in [-0.2, 0) is 11.2 Å². The Bertz CT molecular complexity index is 704. The normalized spacial score (nSPS) is 17.3. The molecule has 0 spiro atoms. The molecule has 0 fully saturated rings. The number of hydrogen-bond acceptors (Lipinski definition) is 4. The molecule has 0 radical (unpaired) electrons. The highest BCUT2D eigenvalue weighted by Gasteiger charge is 2.29. The number of carboxylic acid groups (broad SMARTS) is 1. The van der Waals surface area contributed by atoms with Crippen molar-refractivity contribution in [1.82, 2.24) is 4.98 Å². The third kappa shape index (κ3) is 2.87. The zero-order chi connectivity index (χ0) is 15.0. The standard InChI is InChI=1S/C14H12ClFN2O2S/c15-9-6-7(4-5-10(9)16)17-14-18-12-8(13(19)20)2-1-3-11(12)21-14/h4-6,8H,1-3H2,(H,17,18)(H,19,20). The predicted octanol–water partition coefficient (Wildman–Crippen LogP) is 4.18. The first kappa shape index (κ1) is 14.3. The number of aromatic nitrogens is 1. The minimum atomic E-state index is -0.836. The summed E-state index contributed by atoms with van der Waals surface area (Å²) in [6.45, 7) is 0. The number of aryl methyl sites for hydroxylation is 1. The van der Waals surface area contributed by atoms with Crippen LogP contribution in [0.25, 0.3) is 0 Å². The van der Waals surface area contributed by atoms with E-state index in [2.05, 4.69) is 10.3 Å². The Morgan fingerprint density at radius 2 is 2.33 bits per heavy atom. The van der Waals surface area contributed by atoms with Gasteiger partial charge in [0.05, 0.1) is 10.7 Å². The third-order valence-electron chi connectivity index (χ3n) is 3.42. The van der Waals surface area contributed by atoms with Gasteiger partial charge in [0.2, 0.25) is 0 Å². The molecule has 110 valence electrons. The van der Waals surface area contributed by atoms with Crippen molar-refractivity contribution in [2.75, 3.05) is 5.32 Å². The van der Waals surface area contributed by atoms with Gasteiger partial charge in [0.25, 0.3) is 0 Å². The molecule has 7 heteroatoms. The average molecular weight is 327 g/mol. The topological polar surface area (TPSA) is 62.2 Å². The molecule has 0 saturated heterocycles. The molecule has 0 bridgehead atoms. The van der Waals surface area contributed by atoms with Gasteiger partial charge < -0.3 is 10.4 Å². The quantitative estimate of drug-likeness (QED) is 0.888. The van der Waals surface area contributed by atoms with Crippen LogP contribution < -0.4 is 5.32 Å². The summed E-state index contributed by atoms with van der Waals surface area (Å²) >= 11 is 7.18. The maximum absolute atomic E-state index is 13.1. The number of nitrogens with zero attached hydrogens (tertiary/aromatic N) is 1. The highest BCUT2D eigenvalue weighted by molar-refractivity contribution is 7.15. The molecule has 1 aromatic carbocycles. The minimum absolute atomic E-state index is 0.0322. The lowest BCUT2D eigenvalue weighted by atomic mass is 9.91. The summed E-state index contributed by atoms with van der Waals surface area (Å²) < 4.78 is 13.1. The number of hydrogen-bond donors (Lipinski definition) is 2. The van der Waals surface area contributed by atoms with E-state index in [-0.39, 0.29) is 5.02 Å². The summed E-state index contributed by atoms with van der Waals surface area (Å²) in [7, 11) is 0. The van der Waals surface area contributed by atoms with Crippen LogP contribution in [-0.4, -0.2) is 16.1 Å². The monoisotopic (exact) mass is 326 g/mol. The fraction of sp³-hybridized carbons (Fsp3) is 0.286. The van der Waals surface area contributed by atoms with Gasteiger partial charge in [0.1, 0.15) is 11.7 Å². The Morgan fingerprint density at radius 3 is 3.05 bits per heavy atom. The molecule has 0 amide bonds. The molecule has 2 N–H and O–H groups in total. The Morgan fingerprint density at radius 1 is 1.52 bits per heavy atom. The number of halogens is 2. The Hall–Kier alpha value is -1.66. The highest BCUT2D eigenvalue weighted by atomic mass is 35.5. The second-order valence-electron chi connectivity index (χ2n) is 4.86. The van der Waals surface area contributed by atoms with Gasteiger partial charge in [-0.3, -0.25) is 4.79 Å². The van der Waals surface area contributed by atoms with E-state index in [0.29, 0.717) is 22.9 Å². The smallest absolute Gasteiger partial charge is 0.312 e. The zero-order valence-corrected chi connectivity index (χ0v) is 12.5. The molecule has 1 aromatic heterocycles. The van der Waals surface area contributed by atoms with Gasteiger partial charge in [-0.05, 0) is 37.5 Å². The first-order valence-electron chi connectivity index (χ1n) is 6.49. The molecule has 1 heterocycles. The van der Waals surface area contributed by atoms with Gasteiger partial charge >= 0.3 is 5.97 Å². The first-order chi connectivity index (χ1) is 10.0. The molecule has 1 aliphatic rings. The number of anilines is 2. The summed E-state index contributed by atoms with van der Waals surface area (Å²) in [5.41, 5.74) is 1.27. The van der Waals surface area contributed by atoms with Crippen molar-refractivity contribution in [2.24, 2.45) is 0 Å². The molecule has 4 nitrogen and oxygen atoms in total. The number of carboxylic acids is 1. The zero-order valence-electron chi connectivity index (χ0n) is 10.9. The summed E-state index contributed by atoms with van der Waals surface area (Å²) in [4.78, 5) is 16.6. The van der Waals surface area contributed by atoms with E-state index in [9.17, 15) is 14.3 Å². The van der Waals surface area contributed by atoms with Gasteiger partial charge in [-0.2, -0.15) is 0 Å². The Labute approximate surface area is 129 Å². The molecular weight excluding hydrogens is 315 g/mol. The lowest BCUT2D eigenvalue weighted by Crippen LogP contribution is -2.17. The number of rotatable bonds is 3. The van der Waals surface area contributed by atoms with Crippen LogP contribution in [0.2, 0.25) is 5.02 Å². The van der Waals surface area contributed by atoms with Crippen molar-refractivity contribution in [1.29, 1.82) is 0 Å². The van der Waals surface area contributed by atoms with Gasteiger partial charge in [-0.15, -0.1) is 11.3 Å². The molecule has 1 atom stereocenters. The highest BCUT2D eigenvalue weighted by Crippen LogP contribution is 2.37. The second kappa shape index (κ2) is 5.61. The lowest BCUT2D eigenvalue weighted by molar-refractivity contribution is -0.139. The molecule has 3 rings (SSSR count).